The van der Waals surface area contributed by atoms with Gasteiger partial charge in [0.15, 0.2) is 0 Å². The number of piperazine rings is 1. The number of nitro benzene ring substituents is 1. The second kappa shape index (κ2) is 6.88. The minimum atomic E-state index is -4.00. The van der Waals surface area contributed by atoms with Crippen molar-refractivity contribution in [3.05, 3.63) is 58.4 Å². The van der Waals surface area contributed by atoms with Crippen LogP contribution in [0.4, 0.5) is 11.5 Å². The Kier molecular flexibility index (Phi) is 4.52. The van der Waals surface area contributed by atoms with E-state index in [1.807, 2.05) is 0 Å². The molecule has 1 aliphatic heterocycles. The van der Waals surface area contributed by atoms with Crippen molar-refractivity contribution in [3.63, 3.8) is 0 Å². The lowest BCUT2D eigenvalue weighted by Crippen LogP contribution is -2.43. The summed E-state index contributed by atoms with van der Waals surface area (Å²) < 4.78 is 27.7. The zero-order valence-corrected chi connectivity index (χ0v) is 16.0. The summed E-state index contributed by atoms with van der Waals surface area (Å²) in [6.07, 6.45) is 3.07. The molecule has 0 unspecified atom stereocenters. The number of nitrogens with zero attached hydrogens (tertiary/aromatic N) is 4. The summed E-state index contributed by atoms with van der Waals surface area (Å²) in [5.41, 5.74) is 0.682. The Morgan fingerprint density at radius 1 is 1.18 bits per heavy atom. The van der Waals surface area contributed by atoms with Gasteiger partial charge in [0.1, 0.15) is 5.82 Å². The topological polar surface area (TPSA) is 110 Å². The average Bonchev–Trinajstić information content (AvgIpc) is 3.13. The van der Waals surface area contributed by atoms with Crippen LogP contribution in [0, 0.1) is 17.0 Å². The van der Waals surface area contributed by atoms with Gasteiger partial charge in [-0.15, -0.1) is 0 Å². The minimum absolute atomic E-state index is 0.0836. The summed E-state index contributed by atoms with van der Waals surface area (Å²) in [6, 6.07) is 7.23. The number of benzene rings is 1. The Morgan fingerprint density at radius 3 is 2.64 bits per heavy atom. The van der Waals surface area contributed by atoms with Crippen molar-refractivity contribution in [2.75, 3.05) is 31.1 Å². The first-order valence-electron chi connectivity index (χ1n) is 8.82. The lowest BCUT2D eigenvalue weighted by molar-refractivity contribution is -0.385. The highest BCUT2D eigenvalue weighted by Crippen LogP contribution is 2.30. The smallest absolute Gasteiger partial charge is 0.270 e. The maximum atomic E-state index is 13.3. The Bertz CT molecular complexity index is 1170. The summed E-state index contributed by atoms with van der Waals surface area (Å²) >= 11 is 0. The number of pyridine rings is 1. The van der Waals surface area contributed by atoms with Gasteiger partial charge in [-0.1, -0.05) is 6.07 Å². The van der Waals surface area contributed by atoms with E-state index in [1.165, 1.54) is 22.3 Å². The van der Waals surface area contributed by atoms with Gasteiger partial charge in [-0.3, -0.25) is 10.1 Å². The summed E-state index contributed by atoms with van der Waals surface area (Å²) in [7, 11) is -4.00. The molecule has 1 saturated heterocycles. The zero-order valence-electron chi connectivity index (χ0n) is 15.2. The summed E-state index contributed by atoms with van der Waals surface area (Å²) in [6.45, 7) is 4.87. The average molecular weight is 401 g/mol. The van der Waals surface area contributed by atoms with E-state index >= 15 is 0 Å². The van der Waals surface area contributed by atoms with Gasteiger partial charge in [-0.25, -0.2) is 17.4 Å². The fourth-order valence-corrected chi connectivity index (χ4v) is 5.05. The van der Waals surface area contributed by atoms with Gasteiger partial charge in [0.25, 0.3) is 15.7 Å². The monoisotopic (exact) mass is 401 g/mol. The fraction of sp³-hybridized carbons (Fsp3) is 0.278. The van der Waals surface area contributed by atoms with E-state index in [0.717, 1.165) is 43.4 Å². The van der Waals surface area contributed by atoms with E-state index in [0.29, 0.717) is 11.1 Å². The molecule has 0 atom stereocenters. The zero-order chi connectivity index (χ0) is 19.9. The van der Waals surface area contributed by atoms with E-state index in [4.69, 9.17) is 0 Å². The molecule has 1 aliphatic rings. The molecule has 0 bridgehead atoms. The van der Waals surface area contributed by atoms with Crippen molar-refractivity contribution in [2.24, 2.45) is 0 Å². The van der Waals surface area contributed by atoms with E-state index < -0.39 is 14.9 Å². The first kappa shape index (κ1) is 18.4. The van der Waals surface area contributed by atoms with E-state index in [-0.39, 0.29) is 10.6 Å². The maximum absolute atomic E-state index is 13.3. The second-order valence-electron chi connectivity index (χ2n) is 6.63. The van der Waals surface area contributed by atoms with Crippen LogP contribution < -0.4 is 10.2 Å². The third-order valence-electron chi connectivity index (χ3n) is 4.90. The van der Waals surface area contributed by atoms with E-state index in [1.54, 1.807) is 25.3 Å². The minimum Gasteiger partial charge on any atom is -0.354 e. The van der Waals surface area contributed by atoms with Crippen molar-refractivity contribution in [1.82, 2.24) is 14.3 Å². The number of anilines is 1. The molecule has 3 aromatic rings. The molecule has 0 saturated carbocycles. The van der Waals surface area contributed by atoms with Crippen LogP contribution in [0.25, 0.3) is 10.9 Å². The van der Waals surface area contributed by atoms with Crippen LogP contribution in [0.5, 0.6) is 0 Å². The molecule has 1 aromatic carbocycles. The molecule has 0 spiro atoms. The van der Waals surface area contributed by atoms with Gasteiger partial charge in [0.05, 0.1) is 15.3 Å². The number of aryl methyl sites for hydroxylation is 1. The normalized spacial score (nSPS) is 15.1. The number of fused-ring (bicyclic) bond motifs is 1. The molecule has 1 fully saturated rings. The molecule has 0 aliphatic carbocycles. The number of rotatable bonds is 4. The first-order valence-corrected chi connectivity index (χ1v) is 10.3. The number of aromatic nitrogens is 2. The molecule has 4 rings (SSSR count). The Labute approximate surface area is 161 Å². The van der Waals surface area contributed by atoms with Crippen LogP contribution in [0.15, 0.2) is 47.6 Å². The summed E-state index contributed by atoms with van der Waals surface area (Å²) in [5, 5.41) is 15.1. The number of non-ortho nitro benzene ring substituents is 1. The van der Waals surface area contributed by atoms with Gasteiger partial charge in [-0.05, 0) is 24.6 Å². The molecule has 0 radical (unpaired) electrons. The molecular formula is C18H19N5O4S. The molecule has 9 nitrogen and oxygen atoms in total. The molecule has 3 heterocycles. The van der Waals surface area contributed by atoms with Gasteiger partial charge in [0.2, 0.25) is 0 Å². The van der Waals surface area contributed by atoms with Gasteiger partial charge < -0.3 is 10.2 Å². The third-order valence-corrected chi connectivity index (χ3v) is 6.73. The highest BCUT2D eigenvalue weighted by atomic mass is 32.2. The third kappa shape index (κ3) is 3.00. The molecule has 2 aromatic heterocycles. The number of hydrogen-bond acceptors (Lipinski definition) is 7. The lowest BCUT2D eigenvalue weighted by Gasteiger charge is -2.28. The lowest BCUT2D eigenvalue weighted by atomic mass is 10.2. The Morgan fingerprint density at radius 2 is 1.93 bits per heavy atom. The number of hydrogen-bond donors (Lipinski definition) is 1. The predicted molar refractivity (Wildman–Crippen MR) is 105 cm³/mol. The fourth-order valence-electron chi connectivity index (χ4n) is 3.45. The molecule has 146 valence electrons. The second-order valence-corrected chi connectivity index (χ2v) is 8.41. The molecule has 0 amide bonds. The summed E-state index contributed by atoms with van der Waals surface area (Å²) in [5.74, 6) is 0.740. The van der Waals surface area contributed by atoms with Crippen molar-refractivity contribution in [2.45, 2.75) is 11.8 Å². The Hall–Kier alpha value is -2.98. The quantitative estimate of drug-likeness (QED) is 0.525. The highest BCUT2D eigenvalue weighted by molar-refractivity contribution is 7.90. The van der Waals surface area contributed by atoms with Crippen LogP contribution in [-0.2, 0) is 10.0 Å². The van der Waals surface area contributed by atoms with E-state index in [2.05, 4.69) is 15.2 Å². The predicted octanol–water partition coefficient (Wildman–Crippen LogP) is 1.90. The highest BCUT2D eigenvalue weighted by Gasteiger charge is 2.25. The molecule has 10 heteroatoms. The van der Waals surface area contributed by atoms with Crippen LogP contribution >= 0.6 is 0 Å². The van der Waals surface area contributed by atoms with Crippen LogP contribution in [0.1, 0.15) is 5.56 Å². The van der Waals surface area contributed by atoms with Crippen molar-refractivity contribution in [1.29, 1.82) is 0 Å². The standard InChI is InChI=1S/C18H19N5O4S/c1-13-2-3-14(23(24)25)12-17(13)28(26,27)22-9-5-15-16(22)4-6-20-18(15)21-10-7-19-8-11-21/h2-6,9,12,19H,7-8,10-11H2,1H3. The first-order chi connectivity index (χ1) is 13.4. The Balaban J connectivity index is 1.85. The SMILES string of the molecule is Cc1ccc([N+](=O)[O-])cc1S(=O)(=O)n1ccc2c(N3CCNCC3)nccc21. The number of nitrogens with one attached hydrogen (secondary N) is 1. The van der Waals surface area contributed by atoms with E-state index in [9.17, 15) is 18.5 Å². The van der Waals surface area contributed by atoms with Gasteiger partial charge in [-0.2, -0.15) is 0 Å². The molecular weight excluding hydrogens is 382 g/mol. The number of nitro groups is 1. The van der Waals surface area contributed by atoms with Gasteiger partial charge in [0, 0.05) is 56.1 Å². The molecule has 28 heavy (non-hydrogen) atoms. The van der Waals surface area contributed by atoms with Crippen LogP contribution in [-0.4, -0.2) is 48.5 Å². The summed E-state index contributed by atoms with van der Waals surface area (Å²) in [4.78, 5) is 17.0. The van der Waals surface area contributed by atoms with Crippen molar-refractivity contribution >= 4 is 32.4 Å². The largest absolute Gasteiger partial charge is 0.354 e. The van der Waals surface area contributed by atoms with Crippen molar-refractivity contribution < 1.29 is 13.3 Å². The van der Waals surface area contributed by atoms with Crippen molar-refractivity contribution in [3.8, 4) is 0 Å². The molecule has 1 N–H and O–H groups in total. The van der Waals surface area contributed by atoms with Gasteiger partial charge >= 0.3 is 0 Å². The maximum Gasteiger partial charge on any atom is 0.270 e. The van der Waals surface area contributed by atoms with Crippen LogP contribution in [0.3, 0.4) is 0 Å². The van der Waals surface area contributed by atoms with Crippen LogP contribution in [0.2, 0.25) is 0 Å².